The Morgan fingerprint density at radius 1 is 1.06 bits per heavy atom. The summed E-state index contributed by atoms with van der Waals surface area (Å²) in [6.45, 7) is 2.12. The fraction of sp³-hybridized carbons (Fsp3) is 0.423. The largest absolute Gasteiger partial charge is 0.480 e. The summed E-state index contributed by atoms with van der Waals surface area (Å²) in [5.41, 5.74) is 4.68. The van der Waals surface area contributed by atoms with Crippen LogP contribution in [0.1, 0.15) is 43.2 Å². The highest BCUT2D eigenvalue weighted by Crippen LogP contribution is 2.44. The number of hydrogen-bond donors (Lipinski definition) is 2. The lowest BCUT2D eigenvalue weighted by molar-refractivity contribution is -0.150. The summed E-state index contributed by atoms with van der Waals surface area (Å²) in [6, 6.07) is 15.5. The molecule has 8 heteroatoms. The molecular formula is C26H28N2O5S. The van der Waals surface area contributed by atoms with Crippen molar-refractivity contribution in [3.8, 4) is 11.1 Å². The lowest BCUT2D eigenvalue weighted by Gasteiger charge is -2.28. The SMILES string of the molecule is CC1SCC(C(=O)O)N1C(=O)[C@H]1CC[C@@H](NC(=O)OCC2c3ccccc3-c3ccccc32)C1. The number of hydrogen-bond acceptors (Lipinski definition) is 5. The molecule has 0 spiro atoms. The van der Waals surface area contributed by atoms with Gasteiger partial charge in [0, 0.05) is 23.6 Å². The molecule has 0 bridgehead atoms. The van der Waals surface area contributed by atoms with Gasteiger partial charge in [-0.25, -0.2) is 9.59 Å². The summed E-state index contributed by atoms with van der Waals surface area (Å²) in [5.74, 6) is -0.950. The number of amides is 2. The van der Waals surface area contributed by atoms with Crippen molar-refractivity contribution in [1.82, 2.24) is 10.2 Å². The van der Waals surface area contributed by atoms with Gasteiger partial charge in [0.1, 0.15) is 12.6 Å². The first-order valence-corrected chi connectivity index (χ1v) is 12.8. The Hall–Kier alpha value is -3.00. The molecule has 2 aromatic carbocycles. The summed E-state index contributed by atoms with van der Waals surface area (Å²) in [5, 5.41) is 12.2. The van der Waals surface area contributed by atoms with E-state index >= 15 is 0 Å². The Morgan fingerprint density at radius 3 is 2.35 bits per heavy atom. The number of rotatable bonds is 5. The molecule has 7 nitrogen and oxygen atoms in total. The van der Waals surface area contributed by atoms with Crippen molar-refractivity contribution >= 4 is 29.7 Å². The second-order valence-electron chi connectivity index (χ2n) is 9.21. The molecule has 2 fully saturated rings. The van der Waals surface area contributed by atoms with Gasteiger partial charge in [-0.3, -0.25) is 4.79 Å². The number of ether oxygens (including phenoxy) is 1. The van der Waals surface area contributed by atoms with Crippen LogP contribution >= 0.6 is 11.8 Å². The molecule has 1 saturated carbocycles. The number of benzene rings is 2. The molecule has 4 atom stereocenters. The maximum atomic E-state index is 13.0. The van der Waals surface area contributed by atoms with Crippen LogP contribution in [0.5, 0.6) is 0 Å². The van der Waals surface area contributed by atoms with Gasteiger partial charge >= 0.3 is 12.1 Å². The fourth-order valence-corrected chi connectivity index (χ4v) is 6.70. The van der Waals surface area contributed by atoms with Crippen LogP contribution in [0.3, 0.4) is 0 Å². The van der Waals surface area contributed by atoms with Crippen LogP contribution in [0.25, 0.3) is 11.1 Å². The minimum Gasteiger partial charge on any atom is -0.480 e. The number of carboxylic acid groups (broad SMARTS) is 1. The molecule has 34 heavy (non-hydrogen) atoms. The smallest absolute Gasteiger partial charge is 0.407 e. The zero-order chi connectivity index (χ0) is 23.8. The zero-order valence-electron chi connectivity index (χ0n) is 19.0. The Bertz CT molecular complexity index is 1080. The predicted molar refractivity (Wildman–Crippen MR) is 130 cm³/mol. The molecule has 1 saturated heterocycles. The maximum absolute atomic E-state index is 13.0. The van der Waals surface area contributed by atoms with Crippen molar-refractivity contribution in [3.63, 3.8) is 0 Å². The first-order chi connectivity index (χ1) is 16.4. The lowest BCUT2D eigenvalue weighted by atomic mass is 9.98. The molecule has 2 aromatic rings. The van der Waals surface area contributed by atoms with Crippen LogP contribution < -0.4 is 5.32 Å². The molecule has 0 radical (unpaired) electrons. The number of carbonyl (C=O) groups excluding carboxylic acids is 2. The quantitative estimate of drug-likeness (QED) is 0.670. The van der Waals surface area contributed by atoms with E-state index in [0.29, 0.717) is 25.0 Å². The van der Waals surface area contributed by atoms with E-state index in [-0.39, 0.29) is 35.8 Å². The van der Waals surface area contributed by atoms with Gasteiger partial charge in [0.25, 0.3) is 0 Å². The van der Waals surface area contributed by atoms with Crippen molar-refractivity contribution in [2.24, 2.45) is 5.92 Å². The van der Waals surface area contributed by atoms with Crippen molar-refractivity contribution in [1.29, 1.82) is 0 Å². The van der Waals surface area contributed by atoms with Crippen molar-refractivity contribution in [2.75, 3.05) is 12.4 Å². The van der Waals surface area contributed by atoms with Gasteiger partial charge in [-0.2, -0.15) is 0 Å². The van der Waals surface area contributed by atoms with E-state index in [1.807, 2.05) is 31.2 Å². The first kappa shape index (κ1) is 22.8. The van der Waals surface area contributed by atoms with Gasteiger partial charge in [0.05, 0.1) is 5.37 Å². The van der Waals surface area contributed by atoms with Crippen LogP contribution in [0.2, 0.25) is 0 Å². The van der Waals surface area contributed by atoms with E-state index < -0.39 is 18.1 Å². The van der Waals surface area contributed by atoms with Gasteiger partial charge in [0.15, 0.2) is 0 Å². The zero-order valence-corrected chi connectivity index (χ0v) is 19.8. The van der Waals surface area contributed by atoms with Crippen LogP contribution in [0.4, 0.5) is 4.79 Å². The Kier molecular flexibility index (Phi) is 6.25. The van der Waals surface area contributed by atoms with Crippen LogP contribution in [-0.4, -0.2) is 57.8 Å². The maximum Gasteiger partial charge on any atom is 0.407 e. The molecule has 1 heterocycles. The highest BCUT2D eigenvalue weighted by molar-refractivity contribution is 8.00. The summed E-state index contributed by atoms with van der Waals surface area (Å²) < 4.78 is 5.64. The topological polar surface area (TPSA) is 95.9 Å². The molecule has 178 valence electrons. The lowest BCUT2D eigenvalue weighted by Crippen LogP contribution is -2.47. The average molecular weight is 481 g/mol. The van der Waals surface area contributed by atoms with Gasteiger partial charge < -0.3 is 20.1 Å². The Morgan fingerprint density at radius 2 is 1.71 bits per heavy atom. The van der Waals surface area contributed by atoms with E-state index in [1.165, 1.54) is 27.8 Å². The number of carbonyl (C=O) groups is 3. The fourth-order valence-electron chi connectivity index (χ4n) is 5.52. The van der Waals surface area contributed by atoms with Crippen LogP contribution in [0, 0.1) is 5.92 Å². The molecule has 2 unspecified atom stereocenters. The molecule has 0 aromatic heterocycles. The third-order valence-corrected chi connectivity index (χ3v) is 8.43. The normalized spacial score (nSPS) is 25.6. The third kappa shape index (κ3) is 4.15. The van der Waals surface area contributed by atoms with E-state index in [4.69, 9.17) is 4.74 Å². The summed E-state index contributed by atoms with van der Waals surface area (Å²) >= 11 is 1.48. The summed E-state index contributed by atoms with van der Waals surface area (Å²) in [6.07, 6.45) is 1.33. The first-order valence-electron chi connectivity index (χ1n) is 11.7. The van der Waals surface area contributed by atoms with E-state index in [2.05, 4.69) is 29.6 Å². The number of alkyl carbamates (subject to hydrolysis) is 1. The van der Waals surface area contributed by atoms with E-state index in [1.54, 1.807) is 0 Å². The minimum atomic E-state index is -0.962. The second kappa shape index (κ2) is 9.33. The monoisotopic (exact) mass is 480 g/mol. The third-order valence-electron chi connectivity index (χ3n) is 7.21. The molecule has 2 N–H and O–H groups in total. The minimum absolute atomic E-state index is 0.00170. The van der Waals surface area contributed by atoms with Crippen LogP contribution in [-0.2, 0) is 14.3 Å². The number of nitrogens with one attached hydrogen (secondary N) is 1. The number of aliphatic carboxylic acids is 1. The molecule has 2 amide bonds. The molecular weight excluding hydrogens is 452 g/mol. The van der Waals surface area contributed by atoms with Gasteiger partial charge in [0.2, 0.25) is 5.91 Å². The number of thioether (sulfide) groups is 1. The number of carboxylic acids is 1. The van der Waals surface area contributed by atoms with Crippen LogP contribution in [0.15, 0.2) is 48.5 Å². The Labute approximate surface area is 202 Å². The number of fused-ring (bicyclic) bond motifs is 3. The van der Waals surface area contributed by atoms with E-state index in [0.717, 1.165) is 11.1 Å². The second-order valence-corrected chi connectivity index (χ2v) is 10.6. The predicted octanol–water partition coefficient (Wildman–Crippen LogP) is 4.07. The molecule has 5 rings (SSSR count). The highest BCUT2D eigenvalue weighted by atomic mass is 32.2. The van der Waals surface area contributed by atoms with Gasteiger partial charge in [-0.05, 0) is 48.4 Å². The van der Waals surface area contributed by atoms with Crippen molar-refractivity contribution in [2.45, 2.75) is 49.6 Å². The van der Waals surface area contributed by atoms with Gasteiger partial charge in [-0.15, -0.1) is 11.8 Å². The summed E-state index contributed by atoms with van der Waals surface area (Å²) in [7, 11) is 0. The average Bonchev–Trinajstić information content (AvgIpc) is 3.53. The van der Waals surface area contributed by atoms with Crippen molar-refractivity contribution in [3.05, 3.63) is 59.7 Å². The highest BCUT2D eigenvalue weighted by Gasteiger charge is 2.43. The molecule has 1 aliphatic heterocycles. The molecule has 3 aliphatic rings. The van der Waals surface area contributed by atoms with E-state index in [9.17, 15) is 19.5 Å². The summed E-state index contributed by atoms with van der Waals surface area (Å²) in [4.78, 5) is 38.7. The number of nitrogens with zero attached hydrogens (tertiary/aromatic N) is 1. The van der Waals surface area contributed by atoms with Gasteiger partial charge in [-0.1, -0.05) is 48.5 Å². The molecule has 2 aliphatic carbocycles. The standard InChI is InChI=1S/C26H28N2O5S/c1-15-28(23(14-34-15)25(30)31)24(29)16-10-11-17(12-16)27-26(32)33-13-22-20-8-4-2-6-18(20)19-7-3-5-9-21(19)22/h2-9,15-17,22-23H,10-14H2,1H3,(H,27,32)(H,30,31)/t15?,16-,17+,23?/m0/s1. The van der Waals surface area contributed by atoms with Crippen molar-refractivity contribution < 1.29 is 24.2 Å². The Balaban J connectivity index is 1.17.